The predicted octanol–water partition coefficient (Wildman–Crippen LogP) is 1.46. The molecule has 0 saturated carbocycles. The van der Waals surface area contributed by atoms with Gasteiger partial charge < -0.3 is 5.32 Å². The van der Waals surface area contributed by atoms with Gasteiger partial charge >= 0.3 is 6.18 Å². The topological polar surface area (TPSA) is 47.7 Å². The number of aryl methyl sites for hydroxylation is 2. The van der Waals surface area contributed by atoms with Gasteiger partial charge in [0, 0.05) is 33.4 Å². The Bertz CT molecular complexity index is 555. The summed E-state index contributed by atoms with van der Waals surface area (Å²) in [6, 6.07) is 2.89. The van der Waals surface area contributed by atoms with Crippen molar-refractivity contribution >= 4 is 0 Å². The summed E-state index contributed by atoms with van der Waals surface area (Å²) in [6.07, 6.45) is -2.71. The van der Waals surface area contributed by atoms with Gasteiger partial charge in [-0.1, -0.05) is 0 Å². The molecule has 0 bridgehead atoms. The molecule has 5 nitrogen and oxygen atoms in total. The molecule has 2 aromatic heterocycles. The van der Waals surface area contributed by atoms with Crippen LogP contribution in [0.25, 0.3) is 0 Å². The van der Waals surface area contributed by atoms with Gasteiger partial charge in [-0.25, -0.2) is 0 Å². The molecule has 0 aliphatic carbocycles. The van der Waals surface area contributed by atoms with E-state index in [2.05, 4.69) is 15.5 Å². The van der Waals surface area contributed by atoms with Crippen molar-refractivity contribution in [1.82, 2.24) is 24.9 Å². The molecule has 0 radical (unpaired) electrons. The fourth-order valence-corrected chi connectivity index (χ4v) is 1.77. The first-order valence-corrected chi connectivity index (χ1v) is 5.65. The van der Waals surface area contributed by atoms with Crippen LogP contribution < -0.4 is 5.32 Å². The van der Waals surface area contributed by atoms with Crippen molar-refractivity contribution in [3.63, 3.8) is 0 Å². The number of hydrogen-bond donors (Lipinski definition) is 1. The zero-order valence-electron chi connectivity index (χ0n) is 10.6. The number of hydrogen-bond acceptors (Lipinski definition) is 3. The van der Waals surface area contributed by atoms with Crippen LogP contribution in [0.3, 0.4) is 0 Å². The van der Waals surface area contributed by atoms with Gasteiger partial charge in [0.05, 0.1) is 11.4 Å². The van der Waals surface area contributed by atoms with Crippen molar-refractivity contribution < 1.29 is 13.2 Å². The van der Waals surface area contributed by atoms with Gasteiger partial charge in [-0.05, 0) is 12.1 Å². The van der Waals surface area contributed by atoms with E-state index in [1.54, 1.807) is 17.9 Å². The number of halogens is 3. The molecule has 8 heteroatoms. The minimum absolute atomic E-state index is 0.273. The van der Waals surface area contributed by atoms with Crippen molar-refractivity contribution in [2.45, 2.75) is 19.3 Å². The van der Waals surface area contributed by atoms with Crippen molar-refractivity contribution in [1.29, 1.82) is 0 Å². The Morgan fingerprint density at radius 3 is 2.47 bits per heavy atom. The Hall–Kier alpha value is -1.83. The second-order valence-electron chi connectivity index (χ2n) is 4.19. The van der Waals surface area contributed by atoms with Crippen molar-refractivity contribution in [3.05, 3.63) is 35.4 Å². The second-order valence-corrected chi connectivity index (χ2v) is 4.19. The highest BCUT2D eigenvalue weighted by Crippen LogP contribution is 2.29. The molecule has 0 aliphatic heterocycles. The summed E-state index contributed by atoms with van der Waals surface area (Å²) >= 11 is 0. The normalized spacial score (nSPS) is 12.1. The van der Waals surface area contributed by atoms with Crippen LogP contribution in [0.1, 0.15) is 17.1 Å². The third kappa shape index (κ3) is 3.14. The number of alkyl halides is 3. The molecule has 0 unspecified atom stereocenters. The van der Waals surface area contributed by atoms with Crippen LogP contribution in [0.2, 0.25) is 0 Å². The highest BCUT2D eigenvalue weighted by atomic mass is 19.4. The van der Waals surface area contributed by atoms with Crippen LogP contribution in [0, 0.1) is 0 Å². The molecule has 0 amide bonds. The molecule has 0 aliphatic rings. The van der Waals surface area contributed by atoms with E-state index in [4.69, 9.17) is 0 Å². The standard InChI is InChI=1S/C11H14F3N5/c1-18-9(3-4-16-18)7-15-6-8-5-10(11(12,13)14)19(2)17-8/h3-5,15H,6-7H2,1-2H3. The summed E-state index contributed by atoms with van der Waals surface area (Å²) in [6.45, 7) is 0.795. The Labute approximate surface area is 108 Å². The van der Waals surface area contributed by atoms with E-state index in [0.717, 1.165) is 16.4 Å². The summed E-state index contributed by atoms with van der Waals surface area (Å²) in [7, 11) is 3.09. The Balaban J connectivity index is 1.96. The average molecular weight is 273 g/mol. The summed E-state index contributed by atoms with van der Waals surface area (Å²) in [4.78, 5) is 0. The van der Waals surface area contributed by atoms with E-state index in [1.165, 1.54) is 7.05 Å². The van der Waals surface area contributed by atoms with Gasteiger partial charge in [-0.2, -0.15) is 23.4 Å². The monoisotopic (exact) mass is 273 g/mol. The van der Waals surface area contributed by atoms with E-state index < -0.39 is 11.9 Å². The molecule has 2 heterocycles. The maximum Gasteiger partial charge on any atom is 0.433 e. The zero-order valence-corrected chi connectivity index (χ0v) is 10.6. The molecule has 0 spiro atoms. The molecule has 2 aromatic rings. The van der Waals surface area contributed by atoms with Crippen molar-refractivity contribution in [3.8, 4) is 0 Å². The number of rotatable bonds is 4. The van der Waals surface area contributed by atoms with Gasteiger partial charge in [-0.15, -0.1) is 0 Å². The van der Waals surface area contributed by atoms with Crippen LogP contribution in [0.5, 0.6) is 0 Å². The van der Waals surface area contributed by atoms with E-state index in [9.17, 15) is 13.2 Å². The van der Waals surface area contributed by atoms with E-state index in [0.29, 0.717) is 12.2 Å². The third-order valence-corrected chi connectivity index (χ3v) is 2.76. The quantitative estimate of drug-likeness (QED) is 0.917. The van der Waals surface area contributed by atoms with Crippen molar-refractivity contribution in [2.24, 2.45) is 14.1 Å². The fourth-order valence-electron chi connectivity index (χ4n) is 1.77. The fraction of sp³-hybridized carbons (Fsp3) is 0.455. The lowest BCUT2D eigenvalue weighted by Crippen LogP contribution is -2.15. The van der Waals surface area contributed by atoms with E-state index in [-0.39, 0.29) is 6.54 Å². The van der Waals surface area contributed by atoms with Crippen LogP contribution in [-0.4, -0.2) is 19.6 Å². The van der Waals surface area contributed by atoms with Crippen LogP contribution in [0.4, 0.5) is 13.2 Å². The first-order chi connectivity index (χ1) is 8.88. The lowest BCUT2D eigenvalue weighted by molar-refractivity contribution is -0.143. The molecule has 1 N–H and O–H groups in total. The van der Waals surface area contributed by atoms with Gasteiger partial charge in [0.2, 0.25) is 0 Å². The molecule has 2 rings (SSSR count). The minimum atomic E-state index is -4.37. The molecule has 0 fully saturated rings. The third-order valence-electron chi connectivity index (χ3n) is 2.76. The van der Waals surface area contributed by atoms with E-state index >= 15 is 0 Å². The summed E-state index contributed by atoms with van der Waals surface area (Å²) < 4.78 is 40.3. The lowest BCUT2D eigenvalue weighted by Gasteiger charge is -2.04. The van der Waals surface area contributed by atoms with Crippen molar-refractivity contribution in [2.75, 3.05) is 0 Å². The summed E-state index contributed by atoms with van der Waals surface area (Å²) in [5.74, 6) is 0. The first kappa shape index (κ1) is 13.6. The summed E-state index contributed by atoms with van der Waals surface area (Å²) in [5, 5.41) is 10.9. The molecular formula is C11H14F3N5. The highest BCUT2D eigenvalue weighted by Gasteiger charge is 2.34. The Morgan fingerprint density at radius 2 is 1.95 bits per heavy atom. The maximum atomic E-state index is 12.6. The predicted molar refractivity (Wildman–Crippen MR) is 62.0 cm³/mol. The van der Waals surface area contributed by atoms with Crippen LogP contribution in [0.15, 0.2) is 18.3 Å². The van der Waals surface area contributed by atoms with Gasteiger partial charge in [0.1, 0.15) is 5.69 Å². The minimum Gasteiger partial charge on any atom is -0.305 e. The Morgan fingerprint density at radius 1 is 1.21 bits per heavy atom. The number of aromatic nitrogens is 4. The van der Waals surface area contributed by atoms with Gasteiger partial charge in [0.15, 0.2) is 0 Å². The molecule has 104 valence electrons. The molecule has 0 atom stereocenters. The van der Waals surface area contributed by atoms with Crippen LogP contribution in [-0.2, 0) is 33.4 Å². The SMILES string of the molecule is Cn1nccc1CNCc1cc(C(F)(F)F)n(C)n1. The van der Waals surface area contributed by atoms with Gasteiger partial charge in [0.25, 0.3) is 0 Å². The molecule has 0 saturated heterocycles. The first-order valence-electron chi connectivity index (χ1n) is 5.65. The van der Waals surface area contributed by atoms with Crippen LogP contribution >= 0.6 is 0 Å². The highest BCUT2D eigenvalue weighted by molar-refractivity contribution is 5.13. The second kappa shape index (κ2) is 5.04. The molecule has 0 aromatic carbocycles. The summed E-state index contributed by atoms with van der Waals surface area (Å²) in [5.41, 5.74) is 0.564. The van der Waals surface area contributed by atoms with E-state index in [1.807, 2.05) is 6.07 Å². The number of nitrogens with zero attached hydrogens (tertiary/aromatic N) is 4. The average Bonchev–Trinajstić information content (AvgIpc) is 2.85. The lowest BCUT2D eigenvalue weighted by atomic mass is 10.3. The molecular weight excluding hydrogens is 259 g/mol. The maximum absolute atomic E-state index is 12.6. The molecule has 19 heavy (non-hydrogen) atoms. The number of nitrogens with one attached hydrogen (secondary N) is 1. The zero-order chi connectivity index (χ0) is 14.0. The smallest absolute Gasteiger partial charge is 0.305 e. The largest absolute Gasteiger partial charge is 0.433 e. The Kier molecular flexibility index (Phi) is 3.61. The van der Waals surface area contributed by atoms with Gasteiger partial charge in [-0.3, -0.25) is 9.36 Å².